The molecular formula is C25H40F3NO. The van der Waals surface area contributed by atoms with Gasteiger partial charge in [-0.25, -0.2) is 0 Å². The van der Waals surface area contributed by atoms with Crippen LogP contribution < -0.4 is 0 Å². The smallest absolute Gasteiger partial charge is 0.416 e. The molecule has 0 saturated heterocycles. The highest BCUT2D eigenvalue weighted by atomic mass is 19.4. The quantitative estimate of drug-likeness (QED) is 0.436. The van der Waals surface area contributed by atoms with Gasteiger partial charge in [0, 0.05) is 17.5 Å². The molecule has 0 bridgehead atoms. The van der Waals surface area contributed by atoms with Gasteiger partial charge in [0.15, 0.2) is 0 Å². The molecule has 2 aliphatic rings. The van der Waals surface area contributed by atoms with Crippen molar-refractivity contribution in [1.29, 1.82) is 0 Å². The van der Waals surface area contributed by atoms with Gasteiger partial charge in [0.05, 0.1) is 18.9 Å². The van der Waals surface area contributed by atoms with Gasteiger partial charge in [0.2, 0.25) is 0 Å². The maximum Gasteiger partial charge on any atom is 0.416 e. The summed E-state index contributed by atoms with van der Waals surface area (Å²) in [6, 6.07) is 0. The van der Waals surface area contributed by atoms with E-state index in [1.807, 2.05) is 6.92 Å². The first-order valence-corrected chi connectivity index (χ1v) is 11.6. The van der Waals surface area contributed by atoms with Crippen LogP contribution in [0.25, 0.3) is 0 Å². The molecule has 0 aromatic rings. The molecule has 0 aromatic carbocycles. The summed E-state index contributed by atoms with van der Waals surface area (Å²) in [4.78, 5) is 4.60. The number of allylic oxidation sites excluding steroid dienone is 4. The van der Waals surface area contributed by atoms with Crippen molar-refractivity contribution in [2.24, 2.45) is 40.5 Å². The van der Waals surface area contributed by atoms with E-state index < -0.39 is 17.7 Å². The van der Waals surface area contributed by atoms with Crippen LogP contribution in [0, 0.1) is 35.5 Å². The van der Waals surface area contributed by atoms with Gasteiger partial charge >= 0.3 is 6.18 Å². The van der Waals surface area contributed by atoms with Gasteiger partial charge in [-0.05, 0) is 49.0 Å². The van der Waals surface area contributed by atoms with Crippen molar-refractivity contribution in [2.75, 3.05) is 7.11 Å². The van der Waals surface area contributed by atoms with Gasteiger partial charge in [-0.1, -0.05) is 60.3 Å². The fourth-order valence-electron chi connectivity index (χ4n) is 5.68. The Balaban J connectivity index is 2.40. The largest absolute Gasteiger partial charge is 0.495 e. The van der Waals surface area contributed by atoms with Crippen LogP contribution in [0.5, 0.6) is 0 Å². The SMILES string of the molecule is CCC1CCCC(C(C)C2=C(C)C(C)C(C(F)(F)F)=C(OC)C=N2)[C@H](C(C)C)CC1. The fraction of sp³-hybridized carbons (Fsp3) is 0.800. The topological polar surface area (TPSA) is 21.6 Å². The van der Waals surface area contributed by atoms with Crippen molar-refractivity contribution < 1.29 is 17.9 Å². The molecule has 1 aliphatic heterocycles. The molecule has 2 rings (SSSR count). The third-order valence-electron chi connectivity index (χ3n) is 7.71. The van der Waals surface area contributed by atoms with Crippen molar-refractivity contribution in [3.05, 3.63) is 22.6 Å². The molecule has 1 aliphatic carbocycles. The Morgan fingerprint density at radius 3 is 2.30 bits per heavy atom. The van der Waals surface area contributed by atoms with Crippen LogP contribution in [0.2, 0.25) is 0 Å². The summed E-state index contributed by atoms with van der Waals surface area (Å²) in [5, 5.41) is 0. The molecule has 30 heavy (non-hydrogen) atoms. The first kappa shape index (κ1) is 25.0. The predicted octanol–water partition coefficient (Wildman–Crippen LogP) is 7.96. The molecule has 0 aromatic heterocycles. The Hall–Kier alpha value is -1.26. The summed E-state index contributed by atoms with van der Waals surface area (Å²) in [7, 11) is 1.29. The number of methoxy groups -OCH3 is 1. The van der Waals surface area contributed by atoms with E-state index in [9.17, 15) is 13.2 Å². The Morgan fingerprint density at radius 2 is 1.77 bits per heavy atom. The predicted molar refractivity (Wildman–Crippen MR) is 118 cm³/mol. The minimum atomic E-state index is -4.44. The first-order valence-electron chi connectivity index (χ1n) is 11.6. The second-order valence-corrected chi connectivity index (χ2v) is 9.67. The van der Waals surface area contributed by atoms with Crippen molar-refractivity contribution in [2.45, 2.75) is 86.2 Å². The van der Waals surface area contributed by atoms with Gasteiger partial charge in [-0.3, -0.25) is 4.99 Å². The summed E-state index contributed by atoms with van der Waals surface area (Å²) < 4.78 is 46.4. The molecule has 0 N–H and O–H groups in total. The molecule has 0 radical (unpaired) electrons. The average Bonchev–Trinajstić information content (AvgIpc) is 2.77. The molecule has 2 nitrogen and oxygen atoms in total. The van der Waals surface area contributed by atoms with Crippen molar-refractivity contribution >= 4 is 6.21 Å². The van der Waals surface area contributed by atoms with E-state index in [-0.39, 0.29) is 11.7 Å². The van der Waals surface area contributed by atoms with E-state index in [1.54, 1.807) is 6.92 Å². The van der Waals surface area contributed by atoms with Crippen LogP contribution in [0.3, 0.4) is 0 Å². The van der Waals surface area contributed by atoms with Gasteiger partial charge in [0.25, 0.3) is 0 Å². The number of hydrogen-bond donors (Lipinski definition) is 0. The summed E-state index contributed by atoms with van der Waals surface area (Å²) in [5.41, 5.74) is 0.908. The zero-order valence-corrected chi connectivity index (χ0v) is 19.8. The molecule has 1 saturated carbocycles. The monoisotopic (exact) mass is 427 g/mol. The second kappa shape index (κ2) is 10.4. The lowest BCUT2D eigenvalue weighted by atomic mass is 9.67. The zero-order chi connectivity index (χ0) is 22.6. The van der Waals surface area contributed by atoms with Crippen LogP contribution in [0.4, 0.5) is 13.2 Å². The standard InChI is InChI=1S/C25H40F3NO/c1-8-19-10-9-11-21(20(13-12-19)15(2)3)18(6)24-17(5)16(4)23(25(26,27)28)22(30-7)14-29-24/h14-16,18-21H,8-13H2,1-7H3/t16?,18?,19?,20-,21?/m0/s1. The van der Waals surface area contributed by atoms with Crippen LogP contribution in [0.1, 0.15) is 80.1 Å². The van der Waals surface area contributed by atoms with Crippen LogP contribution in [-0.4, -0.2) is 19.5 Å². The van der Waals surface area contributed by atoms with E-state index in [4.69, 9.17) is 4.74 Å². The van der Waals surface area contributed by atoms with Gasteiger partial charge in [-0.15, -0.1) is 0 Å². The molecular weight excluding hydrogens is 387 g/mol. The van der Waals surface area contributed by atoms with E-state index in [0.717, 1.165) is 18.0 Å². The highest BCUT2D eigenvalue weighted by Gasteiger charge is 2.43. The van der Waals surface area contributed by atoms with Crippen LogP contribution in [0.15, 0.2) is 27.6 Å². The molecule has 5 atom stereocenters. The van der Waals surface area contributed by atoms with Crippen LogP contribution in [-0.2, 0) is 4.74 Å². The van der Waals surface area contributed by atoms with E-state index in [1.165, 1.54) is 45.4 Å². The van der Waals surface area contributed by atoms with Gasteiger partial charge in [0.1, 0.15) is 5.76 Å². The highest BCUT2D eigenvalue weighted by molar-refractivity contribution is 5.79. The number of alkyl halides is 3. The number of hydrogen-bond acceptors (Lipinski definition) is 2. The van der Waals surface area contributed by atoms with E-state index >= 15 is 0 Å². The minimum Gasteiger partial charge on any atom is -0.495 e. The average molecular weight is 428 g/mol. The lowest BCUT2D eigenvalue weighted by molar-refractivity contribution is -0.0997. The minimum absolute atomic E-state index is 0.125. The highest BCUT2D eigenvalue weighted by Crippen LogP contribution is 2.45. The van der Waals surface area contributed by atoms with Crippen molar-refractivity contribution in [3.8, 4) is 0 Å². The molecule has 0 amide bonds. The summed E-state index contributed by atoms with van der Waals surface area (Å²) >= 11 is 0. The summed E-state index contributed by atoms with van der Waals surface area (Å²) in [6.45, 7) is 12.5. The summed E-state index contributed by atoms with van der Waals surface area (Å²) in [6.07, 6.45) is 4.13. The Kier molecular flexibility index (Phi) is 8.64. The van der Waals surface area contributed by atoms with Gasteiger partial charge in [-0.2, -0.15) is 13.2 Å². The number of ether oxygens (including phenoxy) is 1. The van der Waals surface area contributed by atoms with Crippen LogP contribution >= 0.6 is 0 Å². The van der Waals surface area contributed by atoms with E-state index in [2.05, 4.69) is 32.7 Å². The summed E-state index contributed by atoms with van der Waals surface area (Å²) in [5.74, 6) is 1.56. The number of halogens is 3. The molecule has 5 heteroatoms. The molecule has 172 valence electrons. The van der Waals surface area contributed by atoms with E-state index in [0.29, 0.717) is 23.3 Å². The lowest BCUT2D eigenvalue weighted by Gasteiger charge is -2.38. The van der Waals surface area contributed by atoms with Crippen molar-refractivity contribution in [3.63, 3.8) is 0 Å². The molecule has 4 unspecified atom stereocenters. The maximum absolute atomic E-state index is 13.8. The maximum atomic E-state index is 13.8. The molecule has 1 fully saturated rings. The third-order valence-corrected chi connectivity index (χ3v) is 7.71. The second-order valence-electron chi connectivity index (χ2n) is 9.67. The Morgan fingerprint density at radius 1 is 1.10 bits per heavy atom. The fourth-order valence-corrected chi connectivity index (χ4v) is 5.68. The zero-order valence-electron chi connectivity index (χ0n) is 19.8. The third kappa shape index (κ3) is 5.50. The Bertz CT molecular complexity index is 674. The molecule has 1 heterocycles. The number of aliphatic imine (C=N–C) groups is 1. The lowest BCUT2D eigenvalue weighted by Crippen LogP contribution is -2.30. The van der Waals surface area contributed by atoms with Crippen molar-refractivity contribution in [1.82, 2.24) is 0 Å². The molecule has 0 spiro atoms. The number of nitrogens with zero attached hydrogens (tertiary/aromatic N) is 1. The van der Waals surface area contributed by atoms with Gasteiger partial charge < -0.3 is 4.74 Å². The normalized spacial score (nSPS) is 30.2. The number of rotatable bonds is 5. The first-order chi connectivity index (χ1) is 14.0. The Labute approximate surface area is 181 Å².